The first kappa shape index (κ1) is 7.45. The van der Waals surface area contributed by atoms with Crippen LogP contribution in [0.25, 0.3) is 0 Å². The molecule has 2 fully saturated rings. The zero-order valence-corrected chi connectivity index (χ0v) is 5.95. The number of aliphatic hydroxyl groups is 2. The Hall–Kier alpha value is -0.200. The van der Waals surface area contributed by atoms with E-state index >= 15 is 0 Å². The van der Waals surface area contributed by atoms with Crippen LogP contribution < -0.4 is 0 Å². The molecular formula is C6H10O5. The largest absolute Gasteiger partial charge is 0.370 e. The van der Waals surface area contributed by atoms with Crippen LogP contribution in [0.2, 0.25) is 0 Å². The first-order chi connectivity index (χ1) is 5.12. The highest BCUT2D eigenvalue weighted by Gasteiger charge is 2.46. The summed E-state index contributed by atoms with van der Waals surface area (Å²) < 4.78 is 14.2. The molecule has 0 aromatic heterocycles. The third kappa shape index (κ3) is 1.88. The fourth-order valence-corrected chi connectivity index (χ4v) is 0.703. The normalized spacial score (nSPS) is 47.5. The Kier molecular flexibility index (Phi) is 1.45. The van der Waals surface area contributed by atoms with Crippen LogP contribution in [0.5, 0.6) is 0 Å². The smallest absolute Gasteiger partial charge is 0.213 e. The molecule has 2 aliphatic heterocycles. The van der Waals surface area contributed by atoms with Crippen LogP contribution in [-0.2, 0) is 14.2 Å². The maximum absolute atomic E-state index is 9.08. The van der Waals surface area contributed by atoms with Crippen molar-refractivity contribution < 1.29 is 24.4 Å². The Morgan fingerprint density at radius 2 is 1.45 bits per heavy atom. The summed E-state index contributed by atoms with van der Waals surface area (Å²) >= 11 is 0. The molecule has 5 heteroatoms. The Balaban J connectivity index is 1.60. The predicted octanol–water partition coefficient (Wildman–Crippen LogP) is -1.56. The van der Waals surface area contributed by atoms with Gasteiger partial charge in [-0.05, 0) is 0 Å². The van der Waals surface area contributed by atoms with E-state index in [1.54, 1.807) is 0 Å². The molecule has 64 valence electrons. The summed E-state index contributed by atoms with van der Waals surface area (Å²) in [6.45, 7) is 0.815. The Labute approximate surface area is 63.5 Å². The second-order valence-electron chi connectivity index (χ2n) is 2.96. The minimum atomic E-state index is -1.09. The van der Waals surface area contributed by atoms with Gasteiger partial charge in [-0.2, -0.15) is 0 Å². The van der Waals surface area contributed by atoms with Crippen molar-refractivity contribution in [1.29, 1.82) is 0 Å². The van der Waals surface area contributed by atoms with E-state index in [1.165, 1.54) is 0 Å². The lowest BCUT2D eigenvalue weighted by Gasteiger charge is -2.07. The maximum atomic E-state index is 9.08. The molecule has 0 spiro atoms. The number of epoxide rings is 2. The van der Waals surface area contributed by atoms with Crippen molar-refractivity contribution in [2.75, 3.05) is 26.4 Å². The number of rotatable bonds is 4. The van der Waals surface area contributed by atoms with Crippen LogP contribution in [-0.4, -0.2) is 48.2 Å². The van der Waals surface area contributed by atoms with Crippen molar-refractivity contribution in [1.82, 2.24) is 0 Å². The van der Waals surface area contributed by atoms with Crippen molar-refractivity contribution >= 4 is 0 Å². The van der Waals surface area contributed by atoms with Gasteiger partial charge in [0.2, 0.25) is 11.6 Å². The molecule has 0 radical (unpaired) electrons. The number of ether oxygens (including phenoxy) is 3. The Morgan fingerprint density at radius 1 is 1.09 bits per heavy atom. The van der Waals surface area contributed by atoms with Crippen LogP contribution in [0.15, 0.2) is 0 Å². The van der Waals surface area contributed by atoms with Gasteiger partial charge in [-0.1, -0.05) is 0 Å². The van der Waals surface area contributed by atoms with Crippen molar-refractivity contribution in [3.63, 3.8) is 0 Å². The van der Waals surface area contributed by atoms with E-state index in [2.05, 4.69) is 9.47 Å². The molecular weight excluding hydrogens is 152 g/mol. The lowest BCUT2D eigenvalue weighted by atomic mass is 10.4. The first-order valence-corrected chi connectivity index (χ1v) is 3.42. The summed E-state index contributed by atoms with van der Waals surface area (Å²) in [5.74, 6) is -2.18. The van der Waals surface area contributed by atoms with E-state index in [1.807, 2.05) is 0 Å². The molecule has 0 aromatic carbocycles. The number of hydrogen-bond acceptors (Lipinski definition) is 5. The molecule has 2 heterocycles. The average molecular weight is 162 g/mol. The van der Waals surface area contributed by atoms with Gasteiger partial charge in [0.05, 0.1) is 0 Å². The SMILES string of the molecule is OC1(COCC2(O)CO2)CO1. The van der Waals surface area contributed by atoms with Crippen molar-refractivity contribution in [2.24, 2.45) is 0 Å². The predicted molar refractivity (Wildman–Crippen MR) is 32.6 cm³/mol. The van der Waals surface area contributed by atoms with Gasteiger partial charge in [-0.25, -0.2) is 0 Å². The zero-order chi connectivity index (χ0) is 7.95. The van der Waals surface area contributed by atoms with Crippen LogP contribution >= 0.6 is 0 Å². The molecule has 2 atom stereocenters. The van der Waals surface area contributed by atoms with Crippen molar-refractivity contribution in [2.45, 2.75) is 11.6 Å². The third-order valence-electron chi connectivity index (χ3n) is 1.61. The molecule has 5 nitrogen and oxygen atoms in total. The minimum Gasteiger partial charge on any atom is -0.370 e. The Morgan fingerprint density at radius 3 is 1.73 bits per heavy atom. The topological polar surface area (TPSA) is 74.8 Å². The van der Waals surface area contributed by atoms with Crippen molar-refractivity contribution in [3.8, 4) is 0 Å². The van der Waals surface area contributed by atoms with E-state index in [9.17, 15) is 0 Å². The van der Waals surface area contributed by atoms with Gasteiger partial charge in [0.25, 0.3) is 0 Å². The molecule has 2 aliphatic rings. The first-order valence-electron chi connectivity index (χ1n) is 3.42. The van der Waals surface area contributed by atoms with Gasteiger partial charge in [-0.15, -0.1) is 0 Å². The highest BCUT2D eigenvalue weighted by molar-refractivity contribution is 4.82. The summed E-state index contributed by atoms with van der Waals surface area (Å²) in [5.41, 5.74) is 0. The lowest BCUT2D eigenvalue weighted by molar-refractivity contribution is -0.0913. The molecule has 2 saturated heterocycles. The van der Waals surface area contributed by atoms with Gasteiger partial charge in [-0.3, -0.25) is 0 Å². The zero-order valence-electron chi connectivity index (χ0n) is 5.95. The molecule has 2 N–H and O–H groups in total. The quantitative estimate of drug-likeness (QED) is 0.489. The molecule has 0 bridgehead atoms. The van der Waals surface area contributed by atoms with Gasteiger partial charge >= 0.3 is 0 Å². The van der Waals surface area contributed by atoms with Crippen LogP contribution in [0.1, 0.15) is 0 Å². The molecule has 2 unspecified atom stereocenters. The summed E-state index contributed by atoms with van der Waals surface area (Å²) in [6.07, 6.45) is 0. The molecule has 0 saturated carbocycles. The van der Waals surface area contributed by atoms with Crippen molar-refractivity contribution in [3.05, 3.63) is 0 Å². The van der Waals surface area contributed by atoms with Crippen LogP contribution in [0.4, 0.5) is 0 Å². The van der Waals surface area contributed by atoms with Crippen LogP contribution in [0.3, 0.4) is 0 Å². The summed E-state index contributed by atoms with van der Waals surface area (Å²) in [6, 6.07) is 0. The second kappa shape index (κ2) is 2.15. The molecule has 0 aliphatic carbocycles. The molecule has 0 amide bonds. The van der Waals surface area contributed by atoms with Gasteiger partial charge < -0.3 is 24.4 Å². The van der Waals surface area contributed by atoms with E-state index in [0.717, 1.165) is 0 Å². The highest BCUT2D eigenvalue weighted by Crippen LogP contribution is 2.26. The van der Waals surface area contributed by atoms with Gasteiger partial charge in [0.1, 0.15) is 26.4 Å². The fourth-order valence-electron chi connectivity index (χ4n) is 0.703. The van der Waals surface area contributed by atoms with E-state index < -0.39 is 11.6 Å². The minimum absolute atomic E-state index is 0.0959. The van der Waals surface area contributed by atoms with E-state index in [-0.39, 0.29) is 13.2 Å². The third-order valence-corrected chi connectivity index (χ3v) is 1.61. The van der Waals surface area contributed by atoms with E-state index in [4.69, 9.17) is 14.9 Å². The second-order valence-corrected chi connectivity index (χ2v) is 2.96. The lowest BCUT2D eigenvalue weighted by Crippen LogP contribution is -2.25. The van der Waals surface area contributed by atoms with Gasteiger partial charge in [0.15, 0.2) is 0 Å². The summed E-state index contributed by atoms with van der Waals surface area (Å²) in [5, 5.41) is 18.2. The summed E-state index contributed by atoms with van der Waals surface area (Å²) in [7, 11) is 0. The number of hydrogen-bond donors (Lipinski definition) is 2. The van der Waals surface area contributed by atoms with E-state index in [0.29, 0.717) is 13.2 Å². The molecule has 2 rings (SSSR count). The Bertz CT molecular complexity index is 142. The maximum Gasteiger partial charge on any atom is 0.213 e. The monoisotopic (exact) mass is 162 g/mol. The highest BCUT2D eigenvalue weighted by atomic mass is 16.8. The van der Waals surface area contributed by atoms with Gasteiger partial charge in [0, 0.05) is 0 Å². The average Bonchev–Trinajstić information content (AvgIpc) is 2.78. The molecule has 11 heavy (non-hydrogen) atoms. The molecule has 0 aromatic rings. The van der Waals surface area contributed by atoms with Crippen LogP contribution in [0, 0.1) is 0 Å². The fraction of sp³-hybridized carbons (Fsp3) is 1.00. The standard InChI is InChI=1S/C6H10O5/c7-5(3-10-5)1-9-2-6(8)4-11-6/h7-8H,1-4H2. The summed E-state index contributed by atoms with van der Waals surface area (Å²) in [4.78, 5) is 0.